The van der Waals surface area contributed by atoms with Crippen molar-refractivity contribution in [3.63, 3.8) is 0 Å². The molecule has 298 valence electrons. The highest BCUT2D eigenvalue weighted by molar-refractivity contribution is 6.30. The number of likely N-dealkylation sites (tertiary alicyclic amines) is 2. The number of methoxy groups -OCH3 is 3. The van der Waals surface area contributed by atoms with Gasteiger partial charge in [0.2, 0.25) is 17.8 Å². The molecule has 3 aromatic carbocycles. The van der Waals surface area contributed by atoms with Crippen molar-refractivity contribution in [3.05, 3.63) is 88.4 Å². The van der Waals surface area contributed by atoms with Crippen molar-refractivity contribution < 1.29 is 38.5 Å². The van der Waals surface area contributed by atoms with E-state index >= 15 is 0 Å². The van der Waals surface area contributed by atoms with Crippen LogP contribution in [-0.4, -0.2) is 140 Å². The molecule has 2 N–H and O–H groups in total. The van der Waals surface area contributed by atoms with Crippen LogP contribution in [0, 0.1) is 0 Å². The summed E-state index contributed by atoms with van der Waals surface area (Å²) in [6, 6.07) is 20.0. The van der Waals surface area contributed by atoms with Crippen LogP contribution in [0.4, 0.5) is 4.79 Å². The summed E-state index contributed by atoms with van der Waals surface area (Å²) in [5.41, 5.74) is 0.956. The summed E-state index contributed by atoms with van der Waals surface area (Å²) in [5.74, 6) is -0.467. The summed E-state index contributed by atoms with van der Waals surface area (Å²) in [5, 5.41) is 16.1. The number of piperidine rings is 1. The lowest BCUT2D eigenvalue weighted by Gasteiger charge is -2.52. The van der Waals surface area contributed by atoms with Crippen LogP contribution in [0.3, 0.4) is 0 Å². The molecule has 0 aromatic heterocycles. The van der Waals surface area contributed by atoms with E-state index in [1.54, 1.807) is 22.0 Å². The number of benzene rings is 3. The minimum absolute atomic E-state index is 0.139. The molecule has 0 saturated carbocycles. The van der Waals surface area contributed by atoms with E-state index in [0.29, 0.717) is 99.6 Å². The molecule has 2 unspecified atom stereocenters. The summed E-state index contributed by atoms with van der Waals surface area (Å²) in [7, 11) is 4.57. The van der Waals surface area contributed by atoms with Crippen molar-refractivity contribution in [2.24, 2.45) is 0 Å². The van der Waals surface area contributed by atoms with E-state index in [4.69, 9.17) is 25.8 Å². The zero-order valence-electron chi connectivity index (χ0n) is 32.0. The molecular weight excluding hydrogens is 740 g/mol. The Bertz CT molecular complexity index is 1930. The van der Waals surface area contributed by atoms with Crippen molar-refractivity contribution in [1.29, 1.82) is 0 Å². The predicted molar refractivity (Wildman–Crippen MR) is 208 cm³/mol. The predicted octanol–water partition coefficient (Wildman–Crippen LogP) is 4.07. The molecular formula is C41H49ClN6O8. The van der Waals surface area contributed by atoms with Gasteiger partial charge in [-0.15, -0.1) is 0 Å². The Kier molecular flexibility index (Phi) is 11.5. The lowest BCUT2D eigenvalue weighted by atomic mass is 9.71. The molecule has 8 rings (SSSR count). The van der Waals surface area contributed by atoms with Gasteiger partial charge in [-0.3, -0.25) is 19.8 Å². The van der Waals surface area contributed by atoms with Crippen LogP contribution < -0.4 is 19.5 Å². The van der Waals surface area contributed by atoms with Gasteiger partial charge in [-0.05, 0) is 80.7 Å². The van der Waals surface area contributed by atoms with Gasteiger partial charge in [-0.2, -0.15) is 0 Å². The standard InChI is InChI=1S/C41H49ClN6O8/c1-54-32-24-28(25-33(55-2)34(32)56-3)36(49)46-19-13-40(27-46,30-10-7-11-31(42)26-30)12-16-44-17-14-41(15-18-44,29-8-5-4-6-9-29)38(52)43-39(53)48-35(37(50)51)45-20-22-47(48)23-21-45/h4-11,24-26,35H,12-23,27H2,1-3H3,(H,50,51)(H,43,52,53). The number of nitrogens with one attached hydrogen (secondary N) is 1. The van der Waals surface area contributed by atoms with E-state index < -0.39 is 29.5 Å². The third-order valence-corrected chi connectivity index (χ3v) is 12.4. The maximum atomic E-state index is 14.3. The fraction of sp³-hybridized carbons (Fsp3) is 0.463. The smallest absolute Gasteiger partial charge is 0.343 e. The van der Waals surface area contributed by atoms with Crippen LogP contribution in [0.5, 0.6) is 17.2 Å². The van der Waals surface area contributed by atoms with Gasteiger partial charge in [0.25, 0.3) is 5.91 Å². The molecule has 5 fully saturated rings. The van der Waals surface area contributed by atoms with Gasteiger partial charge < -0.3 is 29.1 Å². The number of piperazine rings is 1. The average Bonchev–Trinajstić information content (AvgIpc) is 3.68. The second kappa shape index (κ2) is 16.3. The number of aliphatic carboxylic acids is 1. The average molecular weight is 789 g/mol. The topological polar surface area (TPSA) is 144 Å². The Hall–Kier alpha value is -4.89. The molecule has 5 saturated heterocycles. The van der Waals surface area contributed by atoms with Crippen molar-refractivity contribution in [1.82, 2.24) is 30.0 Å². The molecule has 0 radical (unpaired) electrons. The van der Waals surface area contributed by atoms with Gasteiger partial charge in [-0.25, -0.2) is 19.6 Å². The Morgan fingerprint density at radius 1 is 0.804 bits per heavy atom. The quantitative estimate of drug-likeness (QED) is 0.290. The van der Waals surface area contributed by atoms with Gasteiger partial charge in [0, 0.05) is 55.3 Å². The fourth-order valence-corrected chi connectivity index (χ4v) is 9.22. The summed E-state index contributed by atoms with van der Waals surface area (Å²) in [4.78, 5) is 60.2. The van der Waals surface area contributed by atoms with Crippen molar-refractivity contribution in [3.8, 4) is 17.2 Å². The second-order valence-corrected chi connectivity index (χ2v) is 15.5. The Morgan fingerprint density at radius 2 is 1.46 bits per heavy atom. The maximum Gasteiger partial charge on any atom is 0.343 e. The van der Waals surface area contributed by atoms with E-state index in [2.05, 4.69) is 16.3 Å². The van der Waals surface area contributed by atoms with Crippen molar-refractivity contribution >= 4 is 35.4 Å². The van der Waals surface area contributed by atoms with Gasteiger partial charge in [-0.1, -0.05) is 54.1 Å². The molecule has 2 bridgehead atoms. The molecule has 4 amide bonds. The van der Waals surface area contributed by atoms with Crippen LogP contribution >= 0.6 is 11.6 Å². The number of hydrazine groups is 1. The molecule has 15 heteroatoms. The first-order chi connectivity index (χ1) is 27.0. The number of hydrogen-bond donors (Lipinski definition) is 2. The number of urea groups is 1. The molecule has 14 nitrogen and oxygen atoms in total. The third kappa shape index (κ3) is 7.38. The molecule has 5 heterocycles. The lowest BCUT2D eigenvalue weighted by molar-refractivity contribution is -0.190. The number of halogens is 1. The van der Waals surface area contributed by atoms with Gasteiger partial charge in [0.1, 0.15) is 0 Å². The second-order valence-electron chi connectivity index (χ2n) is 15.0. The summed E-state index contributed by atoms with van der Waals surface area (Å²) < 4.78 is 16.5. The summed E-state index contributed by atoms with van der Waals surface area (Å²) >= 11 is 6.54. The summed E-state index contributed by atoms with van der Waals surface area (Å²) in [6.45, 7) is 5.03. The number of imide groups is 1. The number of carboxylic acids is 1. The van der Waals surface area contributed by atoms with Crippen LogP contribution in [0.1, 0.15) is 47.2 Å². The van der Waals surface area contributed by atoms with Crippen LogP contribution in [0.2, 0.25) is 5.02 Å². The molecule has 5 aliphatic heterocycles. The first-order valence-corrected chi connectivity index (χ1v) is 19.4. The number of ether oxygens (including phenoxy) is 3. The number of carbonyl (C=O) groups excluding carboxylic acids is 3. The highest BCUT2D eigenvalue weighted by Crippen LogP contribution is 2.43. The summed E-state index contributed by atoms with van der Waals surface area (Å²) in [6.07, 6.45) is 1.25. The number of amides is 4. The molecule has 56 heavy (non-hydrogen) atoms. The zero-order chi connectivity index (χ0) is 39.6. The van der Waals surface area contributed by atoms with Gasteiger partial charge >= 0.3 is 12.0 Å². The number of carboxylic acid groups (broad SMARTS) is 1. The molecule has 3 aromatic rings. The SMILES string of the molecule is COc1cc(C(=O)N2CCC(CCN3CCC(C(=O)NC(=O)N4C(C(=O)O)N5CCN4CC5)(c4ccccc4)CC3)(c3cccc(Cl)c3)C2)cc(OC)c1OC. The largest absolute Gasteiger partial charge is 0.493 e. The highest BCUT2D eigenvalue weighted by Gasteiger charge is 2.49. The first kappa shape index (κ1) is 39.3. The van der Waals surface area contributed by atoms with Gasteiger partial charge in [0.05, 0.1) is 26.7 Å². The fourth-order valence-electron chi connectivity index (χ4n) is 9.02. The third-order valence-electron chi connectivity index (χ3n) is 12.2. The first-order valence-electron chi connectivity index (χ1n) is 19.0. The number of carbonyl (C=O) groups is 4. The Labute approximate surface area is 331 Å². The van der Waals surface area contributed by atoms with E-state index in [9.17, 15) is 24.3 Å². The zero-order valence-corrected chi connectivity index (χ0v) is 32.8. The van der Waals surface area contributed by atoms with E-state index in [0.717, 1.165) is 24.0 Å². The number of fused-ring (bicyclic) bond motifs is 3. The Balaban J connectivity index is 1.07. The number of rotatable bonds is 11. The highest BCUT2D eigenvalue weighted by atomic mass is 35.5. The lowest BCUT2D eigenvalue weighted by Crippen LogP contribution is -2.74. The van der Waals surface area contributed by atoms with Gasteiger partial charge in [0.15, 0.2) is 11.5 Å². The van der Waals surface area contributed by atoms with Crippen LogP contribution in [0.25, 0.3) is 0 Å². The number of hydrogen-bond acceptors (Lipinski definition) is 10. The minimum atomic E-state index is -1.16. The monoisotopic (exact) mass is 788 g/mol. The maximum absolute atomic E-state index is 14.3. The Morgan fingerprint density at radius 3 is 2.07 bits per heavy atom. The van der Waals surface area contributed by atoms with Crippen molar-refractivity contribution in [2.45, 2.75) is 42.7 Å². The van der Waals surface area contributed by atoms with E-state index in [1.165, 1.54) is 26.3 Å². The van der Waals surface area contributed by atoms with E-state index in [-0.39, 0.29) is 11.3 Å². The van der Waals surface area contributed by atoms with Crippen LogP contribution in [-0.2, 0) is 20.4 Å². The molecule has 0 aliphatic carbocycles. The van der Waals surface area contributed by atoms with E-state index in [1.807, 2.05) is 53.4 Å². The van der Waals surface area contributed by atoms with Crippen molar-refractivity contribution in [2.75, 3.05) is 80.2 Å². The number of nitrogens with zero attached hydrogens (tertiary/aromatic N) is 5. The molecule has 0 spiro atoms. The molecule has 5 aliphatic rings. The van der Waals surface area contributed by atoms with Crippen LogP contribution in [0.15, 0.2) is 66.7 Å². The molecule has 2 atom stereocenters. The normalized spacial score (nSPS) is 24.4. The minimum Gasteiger partial charge on any atom is -0.493 e.